The third-order valence-electron chi connectivity index (χ3n) is 6.25. The molecule has 4 rings (SSSR count). The SMILES string of the molecule is O=C(O)CCN1CCC(c2ccc3c(c2)C(=O)N(C2CCC(=O)NC2=O)C3)CC1. The number of fused-ring (bicyclic) bond motifs is 1. The third-order valence-corrected chi connectivity index (χ3v) is 6.25. The van der Waals surface area contributed by atoms with Gasteiger partial charge in [-0.1, -0.05) is 12.1 Å². The fourth-order valence-electron chi connectivity index (χ4n) is 4.57. The summed E-state index contributed by atoms with van der Waals surface area (Å²) in [5.74, 6) is -1.25. The first-order valence-electron chi connectivity index (χ1n) is 10.1. The van der Waals surface area contributed by atoms with E-state index in [1.165, 1.54) is 0 Å². The van der Waals surface area contributed by atoms with E-state index in [-0.39, 0.29) is 24.7 Å². The number of imide groups is 1. The highest BCUT2D eigenvalue weighted by Crippen LogP contribution is 2.33. The Morgan fingerprint density at radius 1 is 1.14 bits per heavy atom. The number of carboxylic acid groups (broad SMARTS) is 1. The normalized spacial score (nSPS) is 23.2. The van der Waals surface area contributed by atoms with Crippen molar-refractivity contribution in [3.05, 3.63) is 34.9 Å². The number of rotatable bonds is 5. The quantitative estimate of drug-likeness (QED) is 0.718. The highest BCUT2D eigenvalue weighted by atomic mass is 16.4. The monoisotopic (exact) mass is 399 g/mol. The lowest BCUT2D eigenvalue weighted by molar-refractivity contribution is -0.138. The molecule has 1 atom stereocenters. The molecule has 3 aliphatic heterocycles. The number of likely N-dealkylation sites (tertiary alicyclic amines) is 1. The van der Waals surface area contributed by atoms with E-state index >= 15 is 0 Å². The molecule has 0 spiro atoms. The van der Waals surface area contributed by atoms with Crippen LogP contribution in [0.2, 0.25) is 0 Å². The molecule has 1 aromatic carbocycles. The maximum absolute atomic E-state index is 13.0. The van der Waals surface area contributed by atoms with Crippen molar-refractivity contribution in [3.63, 3.8) is 0 Å². The molecule has 0 aromatic heterocycles. The maximum atomic E-state index is 13.0. The van der Waals surface area contributed by atoms with Gasteiger partial charge < -0.3 is 14.9 Å². The van der Waals surface area contributed by atoms with Gasteiger partial charge in [0, 0.05) is 25.1 Å². The number of nitrogens with zero attached hydrogens (tertiary/aromatic N) is 2. The Labute approximate surface area is 168 Å². The molecule has 0 saturated carbocycles. The van der Waals surface area contributed by atoms with Crippen LogP contribution in [-0.2, 0) is 20.9 Å². The molecular formula is C21H25N3O5. The minimum atomic E-state index is -0.773. The summed E-state index contributed by atoms with van der Waals surface area (Å²) in [6, 6.07) is 5.41. The maximum Gasteiger partial charge on any atom is 0.304 e. The summed E-state index contributed by atoms with van der Waals surface area (Å²) >= 11 is 0. The van der Waals surface area contributed by atoms with Gasteiger partial charge in [0.25, 0.3) is 5.91 Å². The van der Waals surface area contributed by atoms with Crippen LogP contribution < -0.4 is 5.32 Å². The third kappa shape index (κ3) is 4.03. The predicted octanol–water partition coefficient (Wildman–Crippen LogP) is 1.10. The van der Waals surface area contributed by atoms with Gasteiger partial charge in [0.15, 0.2) is 0 Å². The summed E-state index contributed by atoms with van der Waals surface area (Å²) in [6.07, 6.45) is 2.65. The summed E-state index contributed by atoms with van der Waals surface area (Å²) in [5.41, 5.74) is 2.70. The summed E-state index contributed by atoms with van der Waals surface area (Å²) < 4.78 is 0. The van der Waals surface area contributed by atoms with Crippen LogP contribution in [0.5, 0.6) is 0 Å². The first-order chi connectivity index (χ1) is 13.9. The van der Waals surface area contributed by atoms with E-state index in [1.807, 2.05) is 12.1 Å². The molecule has 3 aliphatic rings. The lowest BCUT2D eigenvalue weighted by Gasteiger charge is -2.32. The summed E-state index contributed by atoms with van der Waals surface area (Å²) in [6.45, 7) is 2.68. The number of carbonyl (C=O) groups is 4. The number of carbonyl (C=O) groups excluding carboxylic acids is 3. The van der Waals surface area contributed by atoms with Crippen LogP contribution in [0.4, 0.5) is 0 Å². The smallest absolute Gasteiger partial charge is 0.304 e. The lowest BCUT2D eigenvalue weighted by Crippen LogP contribution is -2.52. The van der Waals surface area contributed by atoms with Gasteiger partial charge in [0.1, 0.15) is 6.04 Å². The Balaban J connectivity index is 1.42. The second kappa shape index (κ2) is 7.94. The van der Waals surface area contributed by atoms with E-state index in [0.29, 0.717) is 31.0 Å². The molecule has 0 bridgehead atoms. The summed E-state index contributed by atoms with van der Waals surface area (Å²) in [5, 5.41) is 11.2. The molecule has 8 heteroatoms. The zero-order valence-corrected chi connectivity index (χ0v) is 16.2. The second-order valence-electron chi connectivity index (χ2n) is 8.08. The molecule has 29 heavy (non-hydrogen) atoms. The lowest BCUT2D eigenvalue weighted by atomic mass is 9.88. The second-order valence-corrected chi connectivity index (χ2v) is 8.08. The van der Waals surface area contributed by atoms with E-state index in [9.17, 15) is 19.2 Å². The van der Waals surface area contributed by atoms with Gasteiger partial charge in [0.05, 0.1) is 6.42 Å². The van der Waals surface area contributed by atoms with E-state index in [0.717, 1.165) is 37.1 Å². The van der Waals surface area contributed by atoms with Crippen molar-refractivity contribution in [2.75, 3.05) is 19.6 Å². The average molecular weight is 399 g/mol. The van der Waals surface area contributed by atoms with Gasteiger partial charge >= 0.3 is 5.97 Å². The molecular weight excluding hydrogens is 374 g/mol. The Bertz CT molecular complexity index is 860. The number of carboxylic acids is 1. The fourth-order valence-corrected chi connectivity index (χ4v) is 4.57. The van der Waals surface area contributed by atoms with Gasteiger partial charge in [-0.25, -0.2) is 0 Å². The average Bonchev–Trinajstić information content (AvgIpc) is 3.03. The van der Waals surface area contributed by atoms with Gasteiger partial charge in [0.2, 0.25) is 11.8 Å². The highest BCUT2D eigenvalue weighted by molar-refractivity contribution is 6.05. The van der Waals surface area contributed by atoms with Gasteiger partial charge in [-0.2, -0.15) is 0 Å². The Kier molecular flexibility index (Phi) is 5.36. The number of amides is 3. The molecule has 3 heterocycles. The summed E-state index contributed by atoms with van der Waals surface area (Å²) in [7, 11) is 0. The highest BCUT2D eigenvalue weighted by Gasteiger charge is 2.39. The Morgan fingerprint density at radius 2 is 1.90 bits per heavy atom. The Morgan fingerprint density at radius 3 is 2.59 bits per heavy atom. The van der Waals surface area contributed by atoms with Crippen molar-refractivity contribution < 1.29 is 24.3 Å². The van der Waals surface area contributed by atoms with Crippen LogP contribution >= 0.6 is 0 Å². The largest absolute Gasteiger partial charge is 0.481 e. The fraction of sp³-hybridized carbons (Fsp3) is 0.524. The van der Waals surface area contributed by atoms with E-state index in [1.54, 1.807) is 4.90 Å². The van der Waals surface area contributed by atoms with Crippen LogP contribution in [0.25, 0.3) is 0 Å². The number of piperidine rings is 2. The number of hydrogen-bond donors (Lipinski definition) is 2. The molecule has 1 unspecified atom stereocenters. The standard InChI is InChI=1S/C21H25N3O5/c25-18-4-3-17(20(28)22-18)24-12-15-2-1-14(11-16(15)21(24)29)13-5-8-23(9-6-13)10-7-19(26)27/h1-2,11,13,17H,3-10,12H2,(H,26,27)(H,22,25,28). The van der Waals surface area contributed by atoms with Crippen molar-refractivity contribution in [1.82, 2.24) is 15.1 Å². The molecule has 2 fully saturated rings. The van der Waals surface area contributed by atoms with Crippen molar-refractivity contribution in [2.24, 2.45) is 0 Å². The molecule has 2 N–H and O–H groups in total. The Hall–Kier alpha value is -2.74. The van der Waals surface area contributed by atoms with Gasteiger partial charge in [-0.15, -0.1) is 0 Å². The molecule has 154 valence electrons. The minimum absolute atomic E-state index is 0.143. The first kappa shape index (κ1) is 19.6. The number of nitrogens with one attached hydrogen (secondary N) is 1. The number of aliphatic carboxylic acids is 1. The molecule has 3 amide bonds. The minimum Gasteiger partial charge on any atom is -0.481 e. The van der Waals surface area contributed by atoms with Crippen LogP contribution in [0, 0.1) is 0 Å². The van der Waals surface area contributed by atoms with Crippen LogP contribution in [0.15, 0.2) is 18.2 Å². The molecule has 0 radical (unpaired) electrons. The summed E-state index contributed by atoms with van der Waals surface area (Å²) in [4.78, 5) is 51.0. The molecule has 0 aliphatic carbocycles. The zero-order chi connectivity index (χ0) is 20.5. The van der Waals surface area contributed by atoms with Crippen molar-refractivity contribution in [1.29, 1.82) is 0 Å². The molecule has 2 saturated heterocycles. The van der Waals surface area contributed by atoms with Crippen molar-refractivity contribution in [2.45, 2.75) is 50.6 Å². The number of benzene rings is 1. The number of hydrogen-bond acceptors (Lipinski definition) is 5. The van der Waals surface area contributed by atoms with Crippen molar-refractivity contribution in [3.8, 4) is 0 Å². The zero-order valence-electron chi connectivity index (χ0n) is 16.2. The van der Waals surface area contributed by atoms with Crippen LogP contribution in [0.1, 0.15) is 59.5 Å². The topological polar surface area (TPSA) is 107 Å². The molecule has 1 aromatic rings. The van der Waals surface area contributed by atoms with E-state index < -0.39 is 17.9 Å². The van der Waals surface area contributed by atoms with E-state index in [4.69, 9.17) is 5.11 Å². The van der Waals surface area contributed by atoms with Gasteiger partial charge in [-0.05, 0) is 55.5 Å². The van der Waals surface area contributed by atoms with E-state index in [2.05, 4.69) is 16.3 Å². The van der Waals surface area contributed by atoms with Crippen LogP contribution in [0.3, 0.4) is 0 Å². The first-order valence-corrected chi connectivity index (χ1v) is 10.1. The predicted molar refractivity (Wildman–Crippen MR) is 103 cm³/mol. The van der Waals surface area contributed by atoms with Crippen molar-refractivity contribution >= 4 is 23.7 Å². The van der Waals surface area contributed by atoms with Crippen LogP contribution in [-0.4, -0.2) is 64.3 Å². The van der Waals surface area contributed by atoms with Gasteiger partial charge in [-0.3, -0.25) is 24.5 Å². The molecule has 8 nitrogen and oxygen atoms in total.